The van der Waals surface area contributed by atoms with E-state index < -0.39 is 0 Å². The smallest absolute Gasteiger partial charge is 0.0818 e. The zero-order chi connectivity index (χ0) is 8.97. The molecule has 1 N–H and O–H groups in total. The lowest BCUT2D eigenvalue weighted by Crippen LogP contribution is -2.06. The Labute approximate surface area is 77.0 Å². The Morgan fingerprint density at radius 2 is 2.42 bits per heavy atom. The summed E-state index contributed by atoms with van der Waals surface area (Å²) in [7, 11) is 0. The van der Waals surface area contributed by atoms with Gasteiger partial charge in [-0.15, -0.1) is 0 Å². The van der Waals surface area contributed by atoms with Gasteiger partial charge in [-0.2, -0.15) is 5.10 Å². The molecule has 12 heavy (non-hydrogen) atoms. The monoisotopic (exact) mass is 188 g/mol. The van der Waals surface area contributed by atoms with Crippen LogP contribution in [0.3, 0.4) is 0 Å². The average molecular weight is 189 g/mol. The van der Waals surface area contributed by atoms with E-state index in [2.05, 4.69) is 12.0 Å². The normalized spacial score (nSPS) is 10.6. The number of aromatic nitrogens is 2. The highest BCUT2D eigenvalue weighted by Gasteiger charge is 2.06. The maximum Gasteiger partial charge on any atom is 0.0818 e. The first-order chi connectivity index (χ1) is 5.79. The molecular weight excluding hydrogens is 176 g/mol. The molecule has 0 atom stereocenters. The third-order valence-corrected chi connectivity index (χ3v) is 2.00. The van der Waals surface area contributed by atoms with Crippen molar-refractivity contribution in [2.24, 2.45) is 0 Å². The molecule has 0 fully saturated rings. The Morgan fingerprint density at radius 1 is 1.67 bits per heavy atom. The van der Waals surface area contributed by atoms with Crippen LogP contribution >= 0.6 is 11.6 Å². The minimum Gasteiger partial charge on any atom is -0.396 e. The van der Waals surface area contributed by atoms with Gasteiger partial charge >= 0.3 is 0 Å². The maximum absolute atomic E-state index is 8.76. The first-order valence-corrected chi connectivity index (χ1v) is 4.48. The summed E-state index contributed by atoms with van der Waals surface area (Å²) in [6, 6.07) is 0. The fourth-order valence-electron chi connectivity index (χ4n) is 1.15. The lowest BCUT2D eigenvalue weighted by molar-refractivity contribution is 0.295. The van der Waals surface area contributed by atoms with Gasteiger partial charge in [0.05, 0.1) is 16.9 Å². The summed E-state index contributed by atoms with van der Waals surface area (Å²) >= 11 is 5.87. The highest BCUT2D eigenvalue weighted by molar-refractivity contribution is 6.31. The Kier molecular flexibility index (Phi) is 3.56. The molecule has 4 heteroatoms. The van der Waals surface area contributed by atoms with Crippen molar-refractivity contribution in [2.45, 2.75) is 26.3 Å². The minimum atomic E-state index is 0.120. The lowest BCUT2D eigenvalue weighted by Gasteiger charge is -2.04. The molecule has 0 unspecified atom stereocenters. The van der Waals surface area contributed by atoms with Crippen LogP contribution in [0.1, 0.15) is 19.0 Å². The molecule has 0 aliphatic heterocycles. The predicted molar refractivity (Wildman–Crippen MR) is 48.3 cm³/mol. The van der Waals surface area contributed by atoms with Gasteiger partial charge < -0.3 is 5.11 Å². The summed E-state index contributed by atoms with van der Waals surface area (Å²) in [4.78, 5) is 0. The summed E-state index contributed by atoms with van der Waals surface area (Å²) in [5.41, 5.74) is 0.931. The zero-order valence-corrected chi connectivity index (χ0v) is 7.88. The van der Waals surface area contributed by atoms with E-state index in [4.69, 9.17) is 16.7 Å². The molecule has 0 saturated heterocycles. The number of hydrogen-bond acceptors (Lipinski definition) is 2. The molecule has 0 radical (unpaired) electrons. The largest absolute Gasteiger partial charge is 0.396 e. The van der Waals surface area contributed by atoms with Gasteiger partial charge in [-0.3, -0.25) is 4.68 Å². The maximum atomic E-state index is 8.76. The van der Waals surface area contributed by atoms with Gasteiger partial charge in [-0.25, -0.2) is 0 Å². The molecule has 0 aliphatic carbocycles. The van der Waals surface area contributed by atoms with Crippen molar-refractivity contribution in [2.75, 3.05) is 6.61 Å². The molecule has 68 valence electrons. The van der Waals surface area contributed by atoms with Gasteiger partial charge in [0.15, 0.2) is 0 Å². The average Bonchev–Trinajstić information content (AvgIpc) is 2.37. The van der Waals surface area contributed by atoms with Crippen LogP contribution in [0.2, 0.25) is 5.02 Å². The van der Waals surface area contributed by atoms with Crippen LogP contribution in [0.25, 0.3) is 0 Å². The van der Waals surface area contributed by atoms with Gasteiger partial charge in [0.25, 0.3) is 0 Å². The van der Waals surface area contributed by atoms with E-state index in [9.17, 15) is 0 Å². The Hall–Kier alpha value is -0.540. The van der Waals surface area contributed by atoms with Gasteiger partial charge in [0, 0.05) is 19.6 Å². The molecule has 1 aromatic heterocycles. The van der Waals surface area contributed by atoms with Crippen LogP contribution in [0.15, 0.2) is 6.20 Å². The molecule has 0 aromatic carbocycles. The number of aryl methyl sites for hydroxylation is 1. The van der Waals surface area contributed by atoms with Crippen LogP contribution in [-0.4, -0.2) is 21.5 Å². The van der Waals surface area contributed by atoms with Gasteiger partial charge in [-0.05, 0) is 6.42 Å². The van der Waals surface area contributed by atoms with Crippen molar-refractivity contribution in [1.29, 1.82) is 0 Å². The Morgan fingerprint density at radius 3 is 3.00 bits per heavy atom. The molecule has 3 nitrogen and oxygen atoms in total. The van der Waals surface area contributed by atoms with E-state index in [1.54, 1.807) is 6.20 Å². The van der Waals surface area contributed by atoms with E-state index in [-0.39, 0.29) is 6.61 Å². The van der Waals surface area contributed by atoms with Crippen molar-refractivity contribution in [3.05, 3.63) is 16.9 Å². The van der Waals surface area contributed by atoms with Gasteiger partial charge in [0.2, 0.25) is 0 Å². The highest BCUT2D eigenvalue weighted by Crippen LogP contribution is 2.15. The summed E-state index contributed by atoms with van der Waals surface area (Å²) in [5.74, 6) is 0. The van der Waals surface area contributed by atoms with Crippen LogP contribution in [-0.2, 0) is 13.0 Å². The molecule has 1 heterocycles. The topological polar surface area (TPSA) is 38.0 Å². The molecule has 0 amide bonds. The quantitative estimate of drug-likeness (QED) is 0.778. The van der Waals surface area contributed by atoms with Crippen molar-refractivity contribution in [1.82, 2.24) is 9.78 Å². The first kappa shape index (κ1) is 9.55. The van der Waals surface area contributed by atoms with Crippen molar-refractivity contribution >= 4 is 11.6 Å². The van der Waals surface area contributed by atoms with E-state index in [0.29, 0.717) is 11.4 Å². The van der Waals surface area contributed by atoms with Gasteiger partial charge in [0.1, 0.15) is 0 Å². The van der Waals surface area contributed by atoms with E-state index in [0.717, 1.165) is 18.7 Å². The molecule has 1 aromatic rings. The molecule has 1 rings (SSSR count). The second kappa shape index (κ2) is 4.48. The molecule has 0 spiro atoms. The Balaban J connectivity index is 2.80. The zero-order valence-electron chi connectivity index (χ0n) is 7.13. The number of nitrogens with zero attached hydrogens (tertiary/aromatic N) is 2. The van der Waals surface area contributed by atoms with E-state index >= 15 is 0 Å². The second-order valence-corrected chi connectivity index (χ2v) is 3.04. The lowest BCUT2D eigenvalue weighted by atomic mass is 10.3. The van der Waals surface area contributed by atoms with E-state index in [1.165, 1.54) is 0 Å². The minimum absolute atomic E-state index is 0.120. The van der Waals surface area contributed by atoms with Crippen molar-refractivity contribution in [3.63, 3.8) is 0 Å². The van der Waals surface area contributed by atoms with Crippen molar-refractivity contribution in [3.8, 4) is 0 Å². The van der Waals surface area contributed by atoms with Crippen LogP contribution in [0.5, 0.6) is 0 Å². The summed E-state index contributed by atoms with van der Waals surface area (Å²) in [6.07, 6.45) is 3.23. The van der Waals surface area contributed by atoms with Gasteiger partial charge in [-0.1, -0.05) is 18.5 Å². The Bertz CT molecular complexity index is 247. The van der Waals surface area contributed by atoms with Crippen LogP contribution < -0.4 is 0 Å². The predicted octanol–water partition coefficient (Wildman–Crippen LogP) is 1.48. The summed E-state index contributed by atoms with van der Waals surface area (Å²) < 4.78 is 1.85. The number of halogens is 1. The third kappa shape index (κ3) is 1.99. The summed E-state index contributed by atoms with van der Waals surface area (Å²) in [5, 5.41) is 13.5. The van der Waals surface area contributed by atoms with Crippen LogP contribution in [0, 0.1) is 0 Å². The number of rotatable bonds is 4. The highest BCUT2D eigenvalue weighted by atomic mass is 35.5. The fraction of sp³-hybridized carbons (Fsp3) is 0.625. The second-order valence-electron chi connectivity index (χ2n) is 2.64. The van der Waals surface area contributed by atoms with Crippen LogP contribution in [0.4, 0.5) is 0 Å². The molecular formula is C8H13ClN2O. The number of aliphatic hydroxyl groups excluding tert-OH is 1. The summed E-state index contributed by atoms with van der Waals surface area (Å²) in [6.45, 7) is 3.06. The SMILES string of the molecule is CCCn1ncc(Cl)c1CCO. The fourth-order valence-corrected chi connectivity index (χ4v) is 1.38. The van der Waals surface area contributed by atoms with Crippen molar-refractivity contribution < 1.29 is 5.11 Å². The molecule has 0 saturated carbocycles. The standard InChI is InChI=1S/C8H13ClN2O/c1-2-4-11-8(3-5-12)7(9)6-10-11/h6,12H,2-5H2,1H3. The third-order valence-electron chi connectivity index (χ3n) is 1.68. The van der Waals surface area contributed by atoms with E-state index in [1.807, 2.05) is 4.68 Å². The number of aliphatic hydroxyl groups is 1. The molecule has 0 aliphatic rings. The number of hydrogen-bond donors (Lipinski definition) is 1. The molecule has 0 bridgehead atoms. The first-order valence-electron chi connectivity index (χ1n) is 4.10.